The molecular weight excluding hydrogens is 348 g/mol. The molecule has 0 aromatic heterocycles. The van der Waals surface area contributed by atoms with Gasteiger partial charge in [-0.05, 0) is 69.0 Å². The number of nitrogens with zero attached hydrogens (tertiary/aromatic N) is 1. The van der Waals surface area contributed by atoms with Crippen molar-refractivity contribution in [3.63, 3.8) is 0 Å². The van der Waals surface area contributed by atoms with Gasteiger partial charge in [-0.2, -0.15) is 0 Å². The van der Waals surface area contributed by atoms with E-state index in [4.69, 9.17) is 0 Å². The van der Waals surface area contributed by atoms with Gasteiger partial charge in [0.05, 0.1) is 4.90 Å². The van der Waals surface area contributed by atoms with Gasteiger partial charge in [-0.1, -0.05) is 17.7 Å². The van der Waals surface area contributed by atoms with E-state index in [2.05, 4.69) is 4.72 Å². The number of carbonyl (C=O) groups is 1. The Morgan fingerprint density at radius 2 is 1.58 bits per heavy atom. The zero-order chi connectivity index (χ0) is 19.1. The van der Waals surface area contributed by atoms with Gasteiger partial charge in [0.15, 0.2) is 0 Å². The summed E-state index contributed by atoms with van der Waals surface area (Å²) in [5, 5.41) is 0. The van der Waals surface area contributed by atoms with Crippen LogP contribution in [-0.4, -0.2) is 20.4 Å². The Hall–Kier alpha value is -2.34. The van der Waals surface area contributed by atoms with Crippen LogP contribution in [0.25, 0.3) is 0 Å². The van der Waals surface area contributed by atoms with Crippen LogP contribution in [-0.2, 0) is 14.8 Å². The van der Waals surface area contributed by atoms with Crippen LogP contribution in [0.15, 0.2) is 41.3 Å². The highest BCUT2D eigenvalue weighted by atomic mass is 32.2. The van der Waals surface area contributed by atoms with Crippen molar-refractivity contribution in [1.29, 1.82) is 0 Å². The molecule has 1 fully saturated rings. The smallest absolute Gasteiger partial charge is 0.262 e. The van der Waals surface area contributed by atoms with E-state index in [1.165, 1.54) is 0 Å². The molecule has 0 radical (unpaired) electrons. The molecule has 5 nitrogen and oxygen atoms in total. The Morgan fingerprint density at radius 1 is 1.04 bits per heavy atom. The van der Waals surface area contributed by atoms with Gasteiger partial charge in [-0.15, -0.1) is 0 Å². The van der Waals surface area contributed by atoms with Crippen LogP contribution in [0, 0.1) is 20.8 Å². The maximum absolute atomic E-state index is 12.8. The fourth-order valence-corrected chi connectivity index (χ4v) is 4.98. The number of benzene rings is 2. The Labute approximate surface area is 155 Å². The van der Waals surface area contributed by atoms with Gasteiger partial charge >= 0.3 is 0 Å². The van der Waals surface area contributed by atoms with E-state index < -0.39 is 10.0 Å². The van der Waals surface area contributed by atoms with E-state index in [1.54, 1.807) is 49.9 Å². The molecule has 2 aromatic rings. The first kappa shape index (κ1) is 18.5. The molecule has 0 aliphatic heterocycles. The van der Waals surface area contributed by atoms with Crippen molar-refractivity contribution in [1.82, 2.24) is 0 Å². The summed E-state index contributed by atoms with van der Waals surface area (Å²) >= 11 is 0. The third kappa shape index (κ3) is 3.75. The average Bonchev–Trinajstić information content (AvgIpc) is 3.31. The second-order valence-electron chi connectivity index (χ2n) is 7.00. The number of amides is 1. The Bertz CT molecular complexity index is 923. The highest BCUT2D eigenvalue weighted by molar-refractivity contribution is 7.92. The Morgan fingerprint density at radius 3 is 2.04 bits per heavy atom. The maximum atomic E-state index is 12.8. The first-order chi connectivity index (χ1) is 12.2. The second-order valence-corrected chi connectivity index (χ2v) is 8.62. The Kier molecular flexibility index (Phi) is 4.80. The van der Waals surface area contributed by atoms with Gasteiger partial charge in [-0.3, -0.25) is 9.52 Å². The molecule has 6 heteroatoms. The van der Waals surface area contributed by atoms with Crippen molar-refractivity contribution in [3.05, 3.63) is 53.1 Å². The molecule has 0 unspecified atom stereocenters. The predicted molar refractivity (Wildman–Crippen MR) is 104 cm³/mol. The number of nitrogens with one attached hydrogen (secondary N) is 1. The molecule has 0 spiro atoms. The highest BCUT2D eigenvalue weighted by Gasteiger charge is 2.32. The zero-order valence-electron chi connectivity index (χ0n) is 15.5. The maximum Gasteiger partial charge on any atom is 0.262 e. The van der Waals surface area contributed by atoms with Crippen LogP contribution in [0.4, 0.5) is 11.4 Å². The molecule has 0 bridgehead atoms. The number of carbonyl (C=O) groups excluding carboxylic acids is 1. The molecule has 1 saturated carbocycles. The largest absolute Gasteiger partial charge is 0.310 e. The first-order valence-electron chi connectivity index (χ1n) is 8.69. The van der Waals surface area contributed by atoms with Crippen molar-refractivity contribution >= 4 is 27.3 Å². The lowest BCUT2D eigenvalue weighted by molar-refractivity contribution is -0.116. The number of aryl methyl sites for hydroxylation is 3. The van der Waals surface area contributed by atoms with E-state index in [-0.39, 0.29) is 11.9 Å². The van der Waals surface area contributed by atoms with Crippen LogP contribution >= 0.6 is 0 Å². The number of hydrogen-bond donors (Lipinski definition) is 1. The van der Waals surface area contributed by atoms with Crippen LogP contribution in [0.2, 0.25) is 0 Å². The van der Waals surface area contributed by atoms with Gasteiger partial charge in [0.25, 0.3) is 10.0 Å². The summed E-state index contributed by atoms with van der Waals surface area (Å²) in [6.45, 7) is 7.11. The summed E-state index contributed by atoms with van der Waals surface area (Å²) in [4.78, 5) is 13.9. The number of anilines is 2. The standard InChI is InChI=1S/C20H24N2O3S/c1-13-11-14(2)20(15(3)12-13)26(24,25)21-17-5-7-18(8-6-17)22(16(4)23)19-9-10-19/h5-8,11-12,19,21H,9-10H2,1-4H3. The predicted octanol–water partition coefficient (Wildman–Crippen LogP) is 3.93. The van der Waals surface area contributed by atoms with Crippen molar-refractivity contribution < 1.29 is 13.2 Å². The van der Waals surface area contributed by atoms with Crippen LogP contribution in [0.5, 0.6) is 0 Å². The lowest BCUT2D eigenvalue weighted by Gasteiger charge is -2.21. The van der Waals surface area contributed by atoms with Crippen molar-refractivity contribution in [2.24, 2.45) is 0 Å². The summed E-state index contributed by atoms with van der Waals surface area (Å²) < 4.78 is 28.3. The van der Waals surface area contributed by atoms with Gasteiger partial charge in [0.1, 0.15) is 0 Å². The fourth-order valence-electron chi connectivity index (χ4n) is 3.47. The number of sulfonamides is 1. The molecule has 1 aliphatic rings. The third-order valence-electron chi connectivity index (χ3n) is 4.52. The summed E-state index contributed by atoms with van der Waals surface area (Å²) in [5.41, 5.74) is 3.76. The summed E-state index contributed by atoms with van der Waals surface area (Å²) in [7, 11) is -3.68. The SMILES string of the molecule is CC(=O)N(c1ccc(NS(=O)(=O)c2c(C)cc(C)cc2C)cc1)C1CC1. The monoisotopic (exact) mass is 372 g/mol. The molecule has 1 aliphatic carbocycles. The highest BCUT2D eigenvalue weighted by Crippen LogP contribution is 2.32. The van der Waals surface area contributed by atoms with E-state index >= 15 is 0 Å². The normalized spacial score (nSPS) is 14.2. The van der Waals surface area contributed by atoms with Crippen LogP contribution in [0.3, 0.4) is 0 Å². The van der Waals surface area contributed by atoms with Gasteiger partial charge in [0.2, 0.25) is 5.91 Å². The van der Waals surface area contributed by atoms with E-state index in [0.29, 0.717) is 10.6 Å². The van der Waals surface area contributed by atoms with Crippen LogP contribution < -0.4 is 9.62 Å². The van der Waals surface area contributed by atoms with E-state index in [0.717, 1.165) is 35.2 Å². The molecule has 1 N–H and O–H groups in total. The average molecular weight is 372 g/mol. The molecule has 0 heterocycles. The summed E-state index contributed by atoms with van der Waals surface area (Å²) in [6.07, 6.45) is 2.03. The molecular formula is C20H24N2O3S. The van der Waals surface area contributed by atoms with Gasteiger partial charge in [-0.25, -0.2) is 8.42 Å². The quantitative estimate of drug-likeness (QED) is 0.865. The van der Waals surface area contributed by atoms with E-state index in [1.807, 2.05) is 19.1 Å². The third-order valence-corrected chi connectivity index (χ3v) is 6.21. The number of rotatable bonds is 5. The molecule has 3 rings (SSSR count). The Balaban J connectivity index is 1.86. The minimum absolute atomic E-state index is 0.00624. The molecule has 1 amide bonds. The lowest BCUT2D eigenvalue weighted by Crippen LogP contribution is -2.30. The summed E-state index contributed by atoms with van der Waals surface area (Å²) in [5.74, 6) is 0.00624. The van der Waals surface area contributed by atoms with Crippen molar-refractivity contribution in [3.8, 4) is 0 Å². The molecule has 138 valence electrons. The summed E-state index contributed by atoms with van der Waals surface area (Å²) in [6, 6.07) is 11.0. The fraction of sp³-hybridized carbons (Fsp3) is 0.350. The topological polar surface area (TPSA) is 66.5 Å². The van der Waals surface area contributed by atoms with Crippen LogP contribution in [0.1, 0.15) is 36.5 Å². The molecule has 0 saturated heterocycles. The van der Waals surface area contributed by atoms with Gasteiger partial charge < -0.3 is 4.90 Å². The van der Waals surface area contributed by atoms with Gasteiger partial charge in [0, 0.05) is 24.3 Å². The zero-order valence-corrected chi connectivity index (χ0v) is 16.4. The van der Waals surface area contributed by atoms with Crippen molar-refractivity contribution in [2.75, 3.05) is 9.62 Å². The minimum atomic E-state index is -3.68. The minimum Gasteiger partial charge on any atom is -0.310 e. The van der Waals surface area contributed by atoms with E-state index in [9.17, 15) is 13.2 Å². The lowest BCUT2D eigenvalue weighted by atomic mass is 10.1. The second kappa shape index (κ2) is 6.76. The molecule has 26 heavy (non-hydrogen) atoms. The first-order valence-corrected chi connectivity index (χ1v) is 10.2. The van der Waals surface area contributed by atoms with Crippen molar-refractivity contribution in [2.45, 2.75) is 51.5 Å². The number of hydrogen-bond acceptors (Lipinski definition) is 3. The molecule has 2 aromatic carbocycles. The molecule has 0 atom stereocenters.